The van der Waals surface area contributed by atoms with Crippen molar-refractivity contribution in [3.05, 3.63) is 60.1 Å². The van der Waals surface area contributed by atoms with Gasteiger partial charge in [-0.3, -0.25) is 0 Å². The SMILES string of the molecule is CC1(C)CC1CNC(c1ccccc1)c1ccco1. The molecule has 3 rings (SSSR count). The molecule has 0 amide bonds. The minimum Gasteiger partial charge on any atom is -0.467 e. The summed E-state index contributed by atoms with van der Waals surface area (Å²) in [7, 11) is 0. The molecular weight excluding hydrogens is 234 g/mol. The van der Waals surface area contributed by atoms with E-state index in [0.29, 0.717) is 5.41 Å². The number of rotatable bonds is 5. The van der Waals surface area contributed by atoms with E-state index in [0.717, 1.165) is 18.2 Å². The molecule has 0 saturated heterocycles. The van der Waals surface area contributed by atoms with Crippen LogP contribution in [0.2, 0.25) is 0 Å². The van der Waals surface area contributed by atoms with Crippen molar-refractivity contribution in [2.75, 3.05) is 6.54 Å². The molecular formula is C17H21NO. The highest BCUT2D eigenvalue weighted by Crippen LogP contribution is 2.51. The summed E-state index contributed by atoms with van der Waals surface area (Å²) in [5, 5.41) is 3.66. The molecule has 0 radical (unpaired) electrons. The zero-order valence-corrected chi connectivity index (χ0v) is 11.6. The monoisotopic (exact) mass is 255 g/mol. The smallest absolute Gasteiger partial charge is 0.125 e. The van der Waals surface area contributed by atoms with Crippen molar-refractivity contribution in [2.24, 2.45) is 11.3 Å². The van der Waals surface area contributed by atoms with Gasteiger partial charge in [-0.05, 0) is 42.0 Å². The average Bonchev–Trinajstić information content (AvgIpc) is 2.82. The summed E-state index contributed by atoms with van der Waals surface area (Å²) in [6.45, 7) is 5.72. The van der Waals surface area contributed by atoms with Crippen LogP contribution >= 0.6 is 0 Å². The Morgan fingerprint density at radius 2 is 1.95 bits per heavy atom. The number of benzene rings is 1. The molecule has 1 aromatic carbocycles. The summed E-state index contributed by atoms with van der Waals surface area (Å²) in [6.07, 6.45) is 3.06. The second-order valence-corrected chi connectivity index (χ2v) is 6.16. The van der Waals surface area contributed by atoms with E-state index in [2.05, 4.69) is 43.4 Å². The Labute approximate surface area is 114 Å². The lowest BCUT2D eigenvalue weighted by Gasteiger charge is -2.17. The van der Waals surface area contributed by atoms with Crippen LogP contribution in [0.4, 0.5) is 0 Å². The third-order valence-corrected chi connectivity index (χ3v) is 4.25. The van der Waals surface area contributed by atoms with Crippen molar-refractivity contribution in [3.63, 3.8) is 0 Å². The maximum atomic E-state index is 5.59. The molecule has 0 spiro atoms. The van der Waals surface area contributed by atoms with Gasteiger partial charge in [-0.25, -0.2) is 0 Å². The maximum Gasteiger partial charge on any atom is 0.125 e. The van der Waals surface area contributed by atoms with Crippen LogP contribution < -0.4 is 5.32 Å². The van der Waals surface area contributed by atoms with Gasteiger partial charge in [-0.2, -0.15) is 0 Å². The first-order chi connectivity index (χ1) is 9.17. The van der Waals surface area contributed by atoms with Gasteiger partial charge in [0.15, 0.2) is 0 Å². The van der Waals surface area contributed by atoms with Crippen LogP contribution in [0, 0.1) is 11.3 Å². The van der Waals surface area contributed by atoms with Gasteiger partial charge in [0, 0.05) is 0 Å². The van der Waals surface area contributed by atoms with E-state index in [1.165, 1.54) is 12.0 Å². The van der Waals surface area contributed by atoms with Crippen LogP contribution in [-0.2, 0) is 0 Å². The molecule has 2 unspecified atom stereocenters. The van der Waals surface area contributed by atoms with Gasteiger partial charge in [0.25, 0.3) is 0 Å². The molecule has 2 nitrogen and oxygen atoms in total. The van der Waals surface area contributed by atoms with Crippen molar-refractivity contribution < 1.29 is 4.42 Å². The van der Waals surface area contributed by atoms with Crippen LogP contribution in [0.5, 0.6) is 0 Å². The van der Waals surface area contributed by atoms with Crippen LogP contribution in [0.1, 0.15) is 37.6 Å². The van der Waals surface area contributed by atoms with Crippen molar-refractivity contribution in [1.82, 2.24) is 5.32 Å². The highest BCUT2D eigenvalue weighted by molar-refractivity contribution is 5.26. The molecule has 1 heterocycles. The van der Waals surface area contributed by atoms with Crippen LogP contribution in [-0.4, -0.2) is 6.54 Å². The Kier molecular flexibility index (Phi) is 3.19. The van der Waals surface area contributed by atoms with Gasteiger partial charge >= 0.3 is 0 Å². The zero-order chi connectivity index (χ0) is 13.3. The molecule has 1 aliphatic rings. The fourth-order valence-corrected chi connectivity index (χ4v) is 2.67. The van der Waals surface area contributed by atoms with Crippen molar-refractivity contribution in [2.45, 2.75) is 26.3 Å². The Morgan fingerprint density at radius 1 is 1.21 bits per heavy atom. The van der Waals surface area contributed by atoms with Crippen LogP contribution in [0.3, 0.4) is 0 Å². The minimum atomic E-state index is 0.160. The van der Waals surface area contributed by atoms with E-state index < -0.39 is 0 Å². The highest BCUT2D eigenvalue weighted by Gasteiger charge is 2.45. The summed E-state index contributed by atoms with van der Waals surface area (Å²) in [6, 6.07) is 14.7. The summed E-state index contributed by atoms with van der Waals surface area (Å²) >= 11 is 0. The third kappa shape index (κ3) is 2.74. The van der Waals surface area contributed by atoms with Crippen molar-refractivity contribution >= 4 is 0 Å². The summed E-state index contributed by atoms with van der Waals surface area (Å²) < 4.78 is 5.59. The first-order valence-electron chi connectivity index (χ1n) is 6.98. The van der Waals surface area contributed by atoms with Gasteiger partial charge in [0.1, 0.15) is 5.76 Å². The van der Waals surface area contributed by atoms with Gasteiger partial charge in [0.2, 0.25) is 0 Å². The molecule has 2 heteroatoms. The van der Waals surface area contributed by atoms with Gasteiger partial charge in [0.05, 0.1) is 12.3 Å². The predicted octanol–water partition coefficient (Wildman–Crippen LogP) is 4.00. The highest BCUT2D eigenvalue weighted by atomic mass is 16.3. The lowest BCUT2D eigenvalue weighted by molar-refractivity contribution is 0.427. The molecule has 100 valence electrons. The van der Waals surface area contributed by atoms with Gasteiger partial charge in [-0.1, -0.05) is 44.2 Å². The minimum absolute atomic E-state index is 0.160. The number of nitrogens with one attached hydrogen (secondary N) is 1. The molecule has 1 aromatic heterocycles. The first-order valence-corrected chi connectivity index (χ1v) is 6.98. The molecule has 2 atom stereocenters. The summed E-state index contributed by atoms with van der Waals surface area (Å²) in [4.78, 5) is 0. The normalized spacial score (nSPS) is 22.1. The fourth-order valence-electron chi connectivity index (χ4n) is 2.67. The van der Waals surface area contributed by atoms with Gasteiger partial charge in [-0.15, -0.1) is 0 Å². The van der Waals surface area contributed by atoms with Crippen molar-refractivity contribution in [1.29, 1.82) is 0 Å². The zero-order valence-electron chi connectivity index (χ0n) is 11.6. The first kappa shape index (κ1) is 12.5. The van der Waals surface area contributed by atoms with E-state index in [9.17, 15) is 0 Å². The Morgan fingerprint density at radius 3 is 2.53 bits per heavy atom. The number of hydrogen-bond donors (Lipinski definition) is 1. The summed E-state index contributed by atoms with van der Waals surface area (Å²) in [5.41, 5.74) is 1.77. The van der Waals surface area contributed by atoms with E-state index in [-0.39, 0.29) is 6.04 Å². The summed E-state index contributed by atoms with van der Waals surface area (Å²) in [5.74, 6) is 1.78. The van der Waals surface area contributed by atoms with Crippen LogP contribution in [0.15, 0.2) is 53.1 Å². The lowest BCUT2D eigenvalue weighted by atomic mass is 10.0. The fraction of sp³-hybridized carbons (Fsp3) is 0.412. The Bertz CT molecular complexity index is 515. The standard InChI is InChI=1S/C17H21NO/c1-17(2)11-14(17)12-18-16(15-9-6-10-19-15)13-7-4-3-5-8-13/h3-10,14,16,18H,11-12H2,1-2H3. The molecule has 19 heavy (non-hydrogen) atoms. The van der Waals surface area contributed by atoms with E-state index in [1.807, 2.05) is 18.2 Å². The Balaban J connectivity index is 1.74. The topological polar surface area (TPSA) is 25.2 Å². The molecule has 1 fully saturated rings. The lowest BCUT2D eigenvalue weighted by Crippen LogP contribution is -2.25. The van der Waals surface area contributed by atoms with E-state index in [4.69, 9.17) is 4.42 Å². The number of furan rings is 1. The van der Waals surface area contributed by atoms with E-state index in [1.54, 1.807) is 6.26 Å². The second-order valence-electron chi connectivity index (χ2n) is 6.16. The van der Waals surface area contributed by atoms with Crippen LogP contribution in [0.25, 0.3) is 0 Å². The maximum absolute atomic E-state index is 5.59. The largest absolute Gasteiger partial charge is 0.467 e. The predicted molar refractivity (Wildman–Crippen MR) is 76.9 cm³/mol. The molecule has 2 aromatic rings. The molecule has 1 saturated carbocycles. The molecule has 0 aliphatic heterocycles. The third-order valence-electron chi connectivity index (χ3n) is 4.25. The Hall–Kier alpha value is -1.54. The second kappa shape index (κ2) is 4.86. The van der Waals surface area contributed by atoms with Crippen molar-refractivity contribution in [3.8, 4) is 0 Å². The van der Waals surface area contributed by atoms with Gasteiger partial charge < -0.3 is 9.73 Å². The molecule has 0 bridgehead atoms. The average molecular weight is 255 g/mol. The molecule has 1 N–H and O–H groups in total. The molecule has 1 aliphatic carbocycles. The number of hydrogen-bond acceptors (Lipinski definition) is 2. The quantitative estimate of drug-likeness (QED) is 0.873. The van der Waals surface area contributed by atoms with E-state index >= 15 is 0 Å².